The van der Waals surface area contributed by atoms with Gasteiger partial charge in [0.1, 0.15) is 11.3 Å². The van der Waals surface area contributed by atoms with Crippen LogP contribution in [0.2, 0.25) is 5.02 Å². The lowest BCUT2D eigenvalue weighted by atomic mass is 9.99. The van der Waals surface area contributed by atoms with E-state index in [0.29, 0.717) is 5.02 Å². The number of ether oxygens (including phenoxy) is 1. The Bertz CT molecular complexity index is 386. The molecule has 0 saturated carbocycles. The fourth-order valence-electron chi connectivity index (χ4n) is 1.27. The molecule has 1 aromatic rings. The lowest BCUT2D eigenvalue weighted by Crippen LogP contribution is -2.09. The van der Waals surface area contributed by atoms with Crippen LogP contribution in [0, 0.1) is 5.92 Å². The number of ketones is 1. The number of carbonyl (C=O) groups excluding carboxylic acids is 1. The molecule has 0 saturated heterocycles. The molecule has 0 aliphatic carbocycles. The quantitative estimate of drug-likeness (QED) is 0.810. The summed E-state index contributed by atoms with van der Waals surface area (Å²) >= 11 is 5.86. The predicted octanol–water partition coefficient (Wildman–Crippen LogP) is 2.89. The maximum Gasteiger partial charge on any atom is 0.172 e. The second kappa shape index (κ2) is 4.53. The molecule has 0 spiro atoms. The summed E-state index contributed by atoms with van der Waals surface area (Å²) in [7, 11) is 1.41. The molecule has 0 aliphatic rings. The molecule has 3 nitrogen and oxygen atoms in total. The molecule has 0 amide bonds. The number of rotatable bonds is 3. The highest BCUT2D eigenvalue weighted by molar-refractivity contribution is 6.33. The molecule has 0 radical (unpaired) electrons. The van der Waals surface area contributed by atoms with Crippen molar-refractivity contribution in [1.29, 1.82) is 0 Å². The van der Waals surface area contributed by atoms with Crippen LogP contribution < -0.4 is 4.74 Å². The summed E-state index contributed by atoms with van der Waals surface area (Å²) in [5.41, 5.74) is 0.153. The third-order valence-electron chi connectivity index (χ3n) is 2.06. The van der Waals surface area contributed by atoms with Crippen LogP contribution in [0.4, 0.5) is 0 Å². The highest BCUT2D eigenvalue weighted by Crippen LogP contribution is 2.36. The number of Topliss-reactive ketones (excluding diaryl/α,β-unsaturated/α-hetero) is 1. The third kappa shape index (κ3) is 2.23. The molecule has 1 aromatic carbocycles. The summed E-state index contributed by atoms with van der Waals surface area (Å²) in [6.07, 6.45) is 0. The summed E-state index contributed by atoms with van der Waals surface area (Å²) in [6, 6.07) is 2.88. The Kier molecular flexibility index (Phi) is 3.58. The van der Waals surface area contributed by atoms with Crippen LogP contribution in [0.1, 0.15) is 24.2 Å². The minimum Gasteiger partial charge on any atom is -0.507 e. The van der Waals surface area contributed by atoms with Gasteiger partial charge in [0.2, 0.25) is 0 Å². The van der Waals surface area contributed by atoms with Gasteiger partial charge >= 0.3 is 0 Å². The predicted molar refractivity (Wildman–Crippen MR) is 58.8 cm³/mol. The average molecular weight is 229 g/mol. The van der Waals surface area contributed by atoms with E-state index in [-0.39, 0.29) is 28.8 Å². The minimum atomic E-state index is -0.219. The number of aromatic hydroxyl groups is 1. The second-order valence-electron chi connectivity index (χ2n) is 3.49. The van der Waals surface area contributed by atoms with Crippen molar-refractivity contribution < 1.29 is 14.6 Å². The Hall–Kier alpha value is -1.22. The molecule has 15 heavy (non-hydrogen) atoms. The monoisotopic (exact) mass is 228 g/mol. The van der Waals surface area contributed by atoms with Crippen LogP contribution in [0.5, 0.6) is 11.5 Å². The van der Waals surface area contributed by atoms with Crippen molar-refractivity contribution in [1.82, 2.24) is 0 Å². The summed E-state index contributed by atoms with van der Waals surface area (Å²) in [4.78, 5) is 11.8. The Labute approximate surface area is 93.6 Å². The van der Waals surface area contributed by atoms with Crippen LogP contribution >= 0.6 is 11.6 Å². The fourth-order valence-corrected chi connectivity index (χ4v) is 1.51. The Morgan fingerprint density at radius 2 is 2.07 bits per heavy atom. The zero-order valence-corrected chi connectivity index (χ0v) is 9.63. The van der Waals surface area contributed by atoms with Crippen molar-refractivity contribution in [3.05, 3.63) is 22.7 Å². The lowest BCUT2D eigenvalue weighted by molar-refractivity contribution is 0.0933. The van der Waals surface area contributed by atoms with Crippen molar-refractivity contribution in [2.45, 2.75) is 13.8 Å². The molecule has 0 aromatic heterocycles. The molecule has 0 aliphatic heterocycles. The molecule has 82 valence electrons. The first-order valence-electron chi connectivity index (χ1n) is 4.58. The van der Waals surface area contributed by atoms with E-state index in [2.05, 4.69) is 0 Å². The first kappa shape index (κ1) is 11.9. The normalized spacial score (nSPS) is 10.5. The van der Waals surface area contributed by atoms with E-state index >= 15 is 0 Å². The van der Waals surface area contributed by atoms with Crippen molar-refractivity contribution >= 4 is 17.4 Å². The summed E-state index contributed by atoms with van der Waals surface area (Å²) in [5, 5.41) is 9.93. The molecule has 1 rings (SSSR count). The second-order valence-corrected chi connectivity index (χ2v) is 3.90. The molecule has 1 N–H and O–H groups in total. The van der Waals surface area contributed by atoms with E-state index in [1.54, 1.807) is 13.8 Å². The zero-order chi connectivity index (χ0) is 11.6. The summed E-state index contributed by atoms with van der Waals surface area (Å²) in [6.45, 7) is 3.50. The highest BCUT2D eigenvalue weighted by atomic mass is 35.5. The van der Waals surface area contributed by atoms with Gasteiger partial charge in [-0.05, 0) is 12.1 Å². The summed E-state index contributed by atoms with van der Waals surface area (Å²) < 4.78 is 5.02. The number of hydrogen-bond acceptors (Lipinski definition) is 3. The molecule has 0 unspecified atom stereocenters. The molecular formula is C11H13ClO3. The van der Waals surface area contributed by atoms with Gasteiger partial charge in [-0.15, -0.1) is 0 Å². The van der Waals surface area contributed by atoms with Gasteiger partial charge in [-0.25, -0.2) is 0 Å². The first-order chi connectivity index (χ1) is 6.99. The Morgan fingerprint density at radius 1 is 1.47 bits per heavy atom. The number of benzene rings is 1. The van der Waals surface area contributed by atoms with E-state index in [4.69, 9.17) is 16.3 Å². The van der Waals surface area contributed by atoms with Crippen LogP contribution in [0.3, 0.4) is 0 Å². The maximum atomic E-state index is 11.8. The topological polar surface area (TPSA) is 46.5 Å². The van der Waals surface area contributed by atoms with Gasteiger partial charge in [0.25, 0.3) is 0 Å². The van der Waals surface area contributed by atoms with Crippen molar-refractivity contribution in [2.24, 2.45) is 5.92 Å². The molecule has 0 heterocycles. The fraction of sp³-hybridized carbons (Fsp3) is 0.364. The third-order valence-corrected chi connectivity index (χ3v) is 2.36. The first-order valence-corrected chi connectivity index (χ1v) is 4.96. The van der Waals surface area contributed by atoms with Crippen LogP contribution in [0.25, 0.3) is 0 Å². The number of methoxy groups -OCH3 is 1. The van der Waals surface area contributed by atoms with E-state index in [9.17, 15) is 9.90 Å². The molecular weight excluding hydrogens is 216 g/mol. The zero-order valence-electron chi connectivity index (χ0n) is 8.87. The molecule has 0 bridgehead atoms. The van der Waals surface area contributed by atoms with E-state index < -0.39 is 0 Å². The number of halogens is 1. The van der Waals surface area contributed by atoms with Crippen LogP contribution in [-0.2, 0) is 0 Å². The van der Waals surface area contributed by atoms with Crippen molar-refractivity contribution in [2.75, 3.05) is 7.11 Å². The average Bonchev–Trinajstić information content (AvgIpc) is 2.19. The van der Waals surface area contributed by atoms with Gasteiger partial charge in [0.15, 0.2) is 11.5 Å². The highest BCUT2D eigenvalue weighted by Gasteiger charge is 2.21. The molecule has 0 fully saturated rings. The maximum absolute atomic E-state index is 11.8. The van der Waals surface area contributed by atoms with Gasteiger partial charge in [0.05, 0.1) is 12.1 Å². The SMILES string of the molecule is COc1c(Cl)ccc(O)c1C(=O)C(C)C. The molecule has 0 atom stereocenters. The van der Waals surface area contributed by atoms with E-state index in [1.165, 1.54) is 19.2 Å². The van der Waals surface area contributed by atoms with E-state index in [1.807, 2.05) is 0 Å². The molecule has 4 heteroatoms. The van der Waals surface area contributed by atoms with Crippen molar-refractivity contribution in [3.63, 3.8) is 0 Å². The van der Waals surface area contributed by atoms with Gasteiger partial charge in [-0.1, -0.05) is 25.4 Å². The largest absolute Gasteiger partial charge is 0.507 e. The van der Waals surface area contributed by atoms with Crippen LogP contribution in [-0.4, -0.2) is 18.0 Å². The minimum absolute atomic E-state index is 0.102. The summed E-state index contributed by atoms with van der Waals surface area (Å²) in [5.74, 6) is -0.277. The number of phenolic OH excluding ortho intramolecular Hbond substituents is 1. The van der Waals surface area contributed by atoms with Crippen LogP contribution in [0.15, 0.2) is 12.1 Å². The Morgan fingerprint density at radius 3 is 2.53 bits per heavy atom. The van der Waals surface area contributed by atoms with Gasteiger partial charge < -0.3 is 9.84 Å². The van der Waals surface area contributed by atoms with Gasteiger partial charge in [0, 0.05) is 5.92 Å². The number of hydrogen-bond donors (Lipinski definition) is 1. The van der Waals surface area contributed by atoms with Crippen molar-refractivity contribution in [3.8, 4) is 11.5 Å². The standard InChI is InChI=1S/C11H13ClO3/c1-6(2)10(14)9-8(13)5-4-7(12)11(9)15-3/h4-6,13H,1-3H3. The van der Waals surface area contributed by atoms with Gasteiger partial charge in [-0.3, -0.25) is 4.79 Å². The number of carbonyl (C=O) groups is 1. The van der Waals surface area contributed by atoms with Gasteiger partial charge in [-0.2, -0.15) is 0 Å². The number of phenols is 1. The lowest BCUT2D eigenvalue weighted by Gasteiger charge is -2.12. The smallest absolute Gasteiger partial charge is 0.172 e. The Balaban J connectivity index is 3.37. The van der Waals surface area contributed by atoms with E-state index in [0.717, 1.165) is 0 Å².